The molecule has 0 amide bonds. The van der Waals surface area contributed by atoms with Crippen molar-refractivity contribution in [2.24, 2.45) is 0 Å². The van der Waals surface area contributed by atoms with E-state index in [9.17, 15) is 0 Å². The highest BCUT2D eigenvalue weighted by atomic mass is 16.8. The number of rotatable bonds is 0. The van der Waals surface area contributed by atoms with Crippen molar-refractivity contribution in [1.29, 1.82) is 0 Å². The number of hydrogen-bond donors (Lipinski definition) is 0. The Morgan fingerprint density at radius 1 is 1.20 bits per heavy atom. The minimum atomic E-state index is -0.243. The molecule has 2 atom stereocenters. The van der Waals surface area contributed by atoms with E-state index in [2.05, 4.69) is 6.92 Å². The molecule has 2 rings (SSSR count). The largest absolute Gasteiger partial charge is 0.347 e. The molecule has 58 valence electrons. The summed E-state index contributed by atoms with van der Waals surface area (Å²) in [4.78, 5) is 0. The monoisotopic (exact) mass is 142 g/mol. The first-order chi connectivity index (χ1) is 4.62. The Morgan fingerprint density at radius 2 is 2.00 bits per heavy atom. The van der Waals surface area contributed by atoms with Gasteiger partial charge in [0.1, 0.15) is 0 Å². The Balaban J connectivity index is 2.20. The van der Waals surface area contributed by atoms with Gasteiger partial charge in [-0.25, -0.2) is 0 Å². The van der Waals surface area contributed by atoms with Crippen LogP contribution in [0.15, 0.2) is 0 Å². The van der Waals surface area contributed by atoms with Gasteiger partial charge in [0.05, 0.1) is 12.2 Å². The van der Waals surface area contributed by atoms with Crippen molar-refractivity contribution in [2.45, 2.75) is 44.5 Å². The maximum Gasteiger partial charge on any atom is 0.166 e. The Kier molecular flexibility index (Phi) is 1.15. The van der Waals surface area contributed by atoms with Gasteiger partial charge in [0.2, 0.25) is 0 Å². The van der Waals surface area contributed by atoms with Crippen LogP contribution in [0.25, 0.3) is 0 Å². The lowest BCUT2D eigenvalue weighted by Gasteiger charge is -2.32. The second-order valence-corrected chi connectivity index (χ2v) is 3.83. The molecule has 0 spiro atoms. The Labute approximate surface area is 61.5 Å². The number of fused-ring (bicyclic) bond motifs is 2. The molecule has 2 heterocycles. The summed E-state index contributed by atoms with van der Waals surface area (Å²) in [5.74, 6) is -0.243. The number of ether oxygens (including phenoxy) is 2. The lowest BCUT2D eigenvalue weighted by atomic mass is 9.96. The molecule has 0 aromatic heterocycles. The zero-order valence-corrected chi connectivity index (χ0v) is 6.64. The summed E-state index contributed by atoms with van der Waals surface area (Å²) in [6.07, 6.45) is 3.46. The smallest absolute Gasteiger partial charge is 0.166 e. The average Bonchev–Trinajstić information content (AvgIpc) is 2.03. The van der Waals surface area contributed by atoms with Crippen molar-refractivity contribution in [3.05, 3.63) is 0 Å². The van der Waals surface area contributed by atoms with Gasteiger partial charge in [0.25, 0.3) is 0 Å². The predicted octanol–water partition coefficient (Wildman–Crippen LogP) is 1.69. The molecule has 0 N–H and O–H groups in total. The van der Waals surface area contributed by atoms with Gasteiger partial charge >= 0.3 is 0 Å². The lowest BCUT2D eigenvalue weighted by molar-refractivity contribution is -0.195. The Bertz CT molecular complexity index is 141. The second kappa shape index (κ2) is 1.74. The topological polar surface area (TPSA) is 18.5 Å². The highest BCUT2D eigenvalue weighted by Gasteiger charge is 2.47. The van der Waals surface area contributed by atoms with E-state index in [1.807, 2.05) is 6.92 Å². The average molecular weight is 142 g/mol. The van der Waals surface area contributed by atoms with E-state index in [4.69, 9.17) is 9.47 Å². The van der Waals surface area contributed by atoms with Gasteiger partial charge in [-0.05, 0) is 26.7 Å². The summed E-state index contributed by atoms with van der Waals surface area (Å²) < 4.78 is 11.3. The van der Waals surface area contributed by atoms with Crippen LogP contribution in [0.5, 0.6) is 0 Å². The molecule has 0 aliphatic carbocycles. The summed E-state index contributed by atoms with van der Waals surface area (Å²) in [5, 5.41) is 0. The molecule has 2 aliphatic heterocycles. The van der Waals surface area contributed by atoms with Crippen molar-refractivity contribution in [1.82, 2.24) is 0 Å². The lowest BCUT2D eigenvalue weighted by Crippen LogP contribution is -2.37. The van der Waals surface area contributed by atoms with E-state index < -0.39 is 0 Å². The molecular formula is C8H14O2. The molecule has 2 bridgehead atoms. The van der Waals surface area contributed by atoms with Gasteiger partial charge in [-0.1, -0.05) is 0 Å². The molecule has 2 nitrogen and oxygen atoms in total. The summed E-state index contributed by atoms with van der Waals surface area (Å²) in [5.41, 5.74) is 0.0347. The van der Waals surface area contributed by atoms with Crippen LogP contribution in [0, 0.1) is 0 Å². The van der Waals surface area contributed by atoms with Gasteiger partial charge in [0, 0.05) is 6.42 Å². The van der Waals surface area contributed by atoms with Crippen molar-refractivity contribution in [2.75, 3.05) is 6.61 Å². The van der Waals surface area contributed by atoms with Gasteiger partial charge in [0.15, 0.2) is 5.79 Å². The molecule has 2 aliphatic rings. The fourth-order valence-corrected chi connectivity index (χ4v) is 1.92. The minimum Gasteiger partial charge on any atom is -0.347 e. The van der Waals surface area contributed by atoms with E-state index in [0.717, 1.165) is 19.4 Å². The first-order valence-electron chi connectivity index (χ1n) is 3.96. The SMILES string of the molecule is CC12CCC[C@@](C)(CO1)O2. The summed E-state index contributed by atoms with van der Waals surface area (Å²) >= 11 is 0. The van der Waals surface area contributed by atoms with Crippen LogP contribution in [-0.2, 0) is 9.47 Å². The molecule has 0 radical (unpaired) electrons. The van der Waals surface area contributed by atoms with Crippen LogP contribution < -0.4 is 0 Å². The van der Waals surface area contributed by atoms with E-state index >= 15 is 0 Å². The van der Waals surface area contributed by atoms with Gasteiger partial charge in [-0.3, -0.25) is 0 Å². The zero-order valence-electron chi connectivity index (χ0n) is 6.64. The molecule has 0 saturated carbocycles. The van der Waals surface area contributed by atoms with E-state index in [1.54, 1.807) is 0 Å². The van der Waals surface area contributed by atoms with Gasteiger partial charge < -0.3 is 9.47 Å². The van der Waals surface area contributed by atoms with E-state index in [1.165, 1.54) is 6.42 Å². The molecule has 0 aromatic carbocycles. The minimum absolute atomic E-state index is 0.0347. The highest BCUT2D eigenvalue weighted by molar-refractivity contribution is 4.90. The second-order valence-electron chi connectivity index (χ2n) is 3.83. The fourth-order valence-electron chi connectivity index (χ4n) is 1.92. The number of hydrogen-bond acceptors (Lipinski definition) is 2. The zero-order chi connectivity index (χ0) is 7.24. The molecular weight excluding hydrogens is 128 g/mol. The quantitative estimate of drug-likeness (QED) is 0.512. The van der Waals surface area contributed by atoms with Crippen molar-refractivity contribution in [3.8, 4) is 0 Å². The molecule has 0 aromatic rings. The molecule has 2 fully saturated rings. The Morgan fingerprint density at radius 3 is 2.60 bits per heavy atom. The van der Waals surface area contributed by atoms with Crippen LogP contribution in [0.2, 0.25) is 0 Å². The van der Waals surface area contributed by atoms with Gasteiger partial charge in [-0.15, -0.1) is 0 Å². The van der Waals surface area contributed by atoms with Crippen LogP contribution in [0.4, 0.5) is 0 Å². The maximum absolute atomic E-state index is 5.75. The van der Waals surface area contributed by atoms with Crippen LogP contribution in [0.1, 0.15) is 33.1 Å². The first kappa shape index (κ1) is 6.62. The third kappa shape index (κ3) is 0.867. The summed E-state index contributed by atoms with van der Waals surface area (Å²) in [6.45, 7) is 4.96. The molecule has 1 unspecified atom stereocenters. The van der Waals surface area contributed by atoms with Crippen molar-refractivity contribution in [3.63, 3.8) is 0 Å². The first-order valence-corrected chi connectivity index (χ1v) is 3.96. The normalized spacial score (nSPS) is 53.4. The van der Waals surface area contributed by atoms with Crippen LogP contribution in [0.3, 0.4) is 0 Å². The predicted molar refractivity (Wildman–Crippen MR) is 37.7 cm³/mol. The molecule has 10 heavy (non-hydrogen) atoms. The molecule has 2 saturated heterocycles. The van der Waals surface area contributed by atoms with Crippen molar-refractivity contribution >= 4 is 0 Å². The van der Waals surface area contributed by atoms with E-state index in [0.29, 0.717) is 0 Å². The van der Waals surface area contributed by atoms with Crippen LogP contribution in [-0.4, -0.2) is 18.0 Å². The van der Waals surface area contributed by atoms with Gasteiger partial charge in [-0.2, -0.15) is 0 Å². The third-order valence-electron chi connectivity index (χ3n) is 2.48. The highest BCUT2D eigenvalue weighted by Crippen LogP contribution is 2.42. The maximum atomic E-state index is 5.75. The van der Waals surface area contributed by atoms with Crippen molar-refractivity contribution < 1.29 is 9.47 Å². The Hall–Kier alpha value is -0.0800. The third-order valence-corrected chi connectivity index (χ3v) is 2.48. The standard InChI is InChI=1S/C8H14O2/c1-7-4-3-5-8(2,10-7)9-6-7/h3-6H2,1-2H3/t7-,8?/m0/s1. The molecule has 2 heteroatoms. The summed E-state index contributed by atoms with van der Waals surface area (Å²) in [6, 6.07) is 0. The fraction of sp³-hybridized carbons (Fsp3) is 1.00. The summed E-state index contributed by atoms with van der Waals surface area (Å²) in [7, 11) is 0. The van der Waals surface area contributed by atoms with Crippen LogP contribution >= 0.6 is 0 Å². The van der Waals surface area contributed by atoms with E-state index in [-0.39, 0.29) is 11.4 Å².